The predicted octanol–water partition coefficient (Wildman–Crippen LogP) is 5.14. The van der Waals surface area contributed by atoms with E-state index >= 15 is 0 Å². The highest BCUT2D eigenvalue weighted by molar-refractivity contribution is 6.00. The van der Waals surface area contributed by atoms with Gasteiger partial charge in [0.25, 0.3) is 0 Å². The summed E-state index contributed by atoms with van der Waals surface area (Å²) in [7, 11) is 0. The molecule has 0 saturated heterocycles. The van der Waals surface area contributed by atoms with Crippen LogP contribution in [0, 0.1) is 0 Å². The maximum Gasteiger partial charge on any atom is 0.416 e. The van der Waals surface area contributed by atoms with Crippen molar-refractivity contribution in [3.8, 4) is 5.75 Å². The lowest BCUT2D eigenvalue weighted by Gasteiger charge is -2.36. The Morgan fingerprint density at radius 2 is 1.52 bits per heavy atom. The molecule has 0 unspecified atom stereocenters. The van der Waals surface area contributed by atoms with Crippen LogP contribution in [0.15, 0.2) is 54.6 Å². The van der Waals surface area contributed by atoms with E-state index in [4.69, 9.17) is 4.74 Å². The summed E-state index contributed by atoms with van der Waals surface area (Å²) in [6.07, 6.45) is -1.94. The molecule has 154 valence electrons. The predicted molar refractivity (Wildman–Crippen MR) is 101 cm³/mol. The Morgan fingerprint density at radius 3 is 2.10 bits per heavy atom. The van der Waals surface area contributed by atoms with Crippen molar-refractivity contribution in [3.05, 3.63) is 60.2 Å². The fourth-order valence-corrected chi connectivity index (χ4v) is 3.37. The molecule has 1 saturated carbocycles. The van der Waals surface area contributed by atoms with Crippen LogP contribution < -0.4 is 15.4 Å². The van der Waals surface area contributed by atoms with Crippen molar-refractivity contribution in [2.75, 3.05) is 5.32 Å². The molecule has 0 atom stereocenters. The molecule has 0 bridgehead atoms. The van der Waals surface area contributed by atoms with Crippen molar-refractivity contribution in [2.24, 2.45) is 0 Å². The van der Waals surface area contributed by atoms with Gasteiger partial charge < -0.3 is 15.4 Å². The average molecular weight is 406 g/mol. The maximum atomic E-state index is 13.0. The molecule has 2 aromatic carbocycles. The number of amides is 2. The SMILES string of the molecule is O=C(NC1(C(=O)Nc2ccc(C(F)(F)F)cc2)CCCCC1)Oc1ccccc1. The Bertz CT molecular complexity index is 846. The van der Waals surface area contributed by atoms with Crippen LogP contribution in [0.2, 0.25) is 0 Å². The molecule has 1 aliphatic rings. The van der Waals surface area contributed by atoms with Crippen molar-refractivity contribution in [1.82, 2.24) is 5.32 Å². The Hall–Kier alpha value is -3.03. The summed E-state index contributed by atoms with van der Waals surface area (Å²) in [5.74, 6) is -0.124. The van der Waals surface area contributed by atoms with E-state index in [9.17, 15) is 22.8 Å². The van der Waals surface area contributed by atoms with Crippen molar-refractivity contribution < 1.29 is 27.5 Å². The van der Waals surface area contributed by atoms with E-state index in [0.717, 1.165) is 31.4 Å². The number of hydrogen-bond acceptors (Lipinski definition) is 3. The molecule has 5 nitrogen and oxygen atoms in total. The van der Waals surface area contributed by atoms with Crippen LogP contribution in [-0.2, 0) is 11.0 Å². The zero-order chi connectivity index (χ0) is 20.9. The molecule has 2 aromatic rings. The number of ether oxygens (including phenoxy) is 1. The third-order valence-corrected chi connectivity index (χ3v) is 4.91. The van der Waals surface area contributed by atoms with Crippen molar-refractivity contribution in [3.63, 3.8) is 0 Å². The molecule has 2 amide bonds. The quantitative estimate of drug-likeness (QED) is 0.739. The van der Waals surface area contributed by atoms with Crippen LogP contribution in [-0.4, -0.2) is 17.5 Å². The van der Waals surface area contributed by atoms with Gasteiger partial charge in [0.1, 0.15) is 11.3 Å². The Balaban J connectivity index is 1.71. The third-order valence-electron chi connectivity index (χ3n) is 4.91. The number of rotatable bonds is 4. The van der Waals surface area contributed by atoms with Crippen LogP contribution in [0.5, 0.6) is 5.75 Å². The molecular formula is C21H21F3N2O3. The topological polar surface area (TPSA) is 67.4 Å². The first-order valence-electron chi connectivity index (χ1n) is 9.32. The average Bonchev–Trinajstić information content (AvgIpc) is 2.69. The van der Waals surface area contributed by atoms with E-state index in [1.165, 1.54) is 12.1 Å². The maximum absolute atomic E-state index is 13.0. The van der Waals surface area contributed by atoms with Gasteiger partial charge in [-0.15, -0.1) is 0 Å². The van der Waals surface area contributed by atoms with Gasteiger partial charge in [-0.2, -0.15) is 13.2 Å². The van der Waals surface area contributed by atoms with E-state index in [-0.39, 0.29) is 5.69 Å². The highest BCUT2D eigenvalue weighted by Crippen LogP contribution is 2.32. The molecule has 0 aromatic heterocycles. The number of carbonyl (C=O) groups is 2. The van der Waals surface area contributed by atoms with Crippen LogP contribution >= 0.6 is 0 Å². The first kappa shape index (κ1) is 20.7. The van der Waals surface area contributed by atoms with Crippen molar-refractivity contribution >= 4 is 17.7 Å². The summed E-state index contributed by atoms with van der Waals surface area (Å²) in [6, 6.07) is 12.7. The second kappa shape index (κ2) is 8.55. The van der Waals surface area contributed by atoms with E-state index in [0.29, 0.717) is 18.6 Å². The van der Waals surface area contributed by atoms with Crippen LogP contribution in [0.4, 0.5) is 23.7 Å². The molecular weight excluding hydrogens is 385 g/mol. The number of hydrogen-bond donors (Lipinski definition) is 2. The summed E-state index contributed by atoms with van der Waals surface area (Å²) in [4.78, 5) is 25.3. The highest BCUT2D eigenvalue weighted by atomic mass is 19.4. The smallest absolute Gasteiger partial charge is 0.410 e. The molecule has 0 spiro atoms. The molecule has 2 N–H and O–H groups in total. The number of anilines is 1. The fraction of sp³-hybridized carbons (Fsp3) is 0.333. The number of para-hydroxylation sites is 1. The lowest BCUT2D eigenvalue weighted by Crippen LogP contribution is -2.58. The van der Waals surface area contributed by atoms with Crippen LogP contribution in [0.3, 0.4) is 0 Å². The normalized spacial score (nSPS) is 16.0. The van der Waals surface area contributed by atoms with Gasteiger partial charge in [0.2, 0.25) is 5.91 Å². The van der Waals surface area contributed by atoms with E-state index in [1.54, 1.807) is 30.3 Å². The van der Waals surface area contributed by atoms with Gasteiger partial charge in [-0.1, -0.05) is 37.5 Å². The van der Waals surface area contributed by atoms with Gasteiger partial charge in [-0.3, -0.25) is 4.79 Å². The monoisotopic (exact) mass is 406 g/mol. The first-order valence-corrected chi connectivity index (χ1v) is 9.32. The molecule has 0 radical (unpaired) electrons. The summed E-state index contributed by atoms with van der Waals surface area (Å²) in [5, 5.41) is 5.31. The highest BCUT2D eigenvalue weighted by Gasteiger charge is 2.41. The number of nitrogens with one attached hydrogen (secondary N) is 2. The minimum Gasteiger partial charge on any atom is -0.410 e. The Kier molecular flexibility index (Phi) is 6.10. The van der Waals surface area contributed by atoms with Gasteiger partial charge in [0.05, 0.1) is 5.56 Å². The number of alkyl halides is 3. The van der Waals surface area contributed by atoms with Gasteiger partial charge in [-0.25, -0.2) is 4.79 Å². The molecule has 0 aliphatic heterocycles. The zero-order valence-electron chi connectivity index (χ0n) is 15.6. The van der Waals surface area contributed by atoms with Gasteiger partial charge >= 0.3 is 12.3 Å². The molecule has 3 rings (SSSR count). The number of halogens is 3. The second-order valence-corrected chi connectivity index (χ2v) is 7.00. The van der Waals surface area contributed by atoms with Gasteiger partial charge in [0.15, 0.2) is 0 Å². The summed E-state index contributed by atoms with van der Waals surface area (Å²) < 4.78 is 43.4. The molecule has 29 heavy (non-hydrogen) atoms. The first-order chi connectivity index (χ1) is 13.8. The molecule has 1 aliphatic carbocycles. The minimum absolute atomic E-state index is 0.228. The van der Waals surface area contributed by atoms with Crippen LogP contribution in [0.25, 0.3) is 0 Å². The molecule has 8 heteroatoms. The lowest BCUT2D eigenvalue weighted by atomic mass is 9.81. The second-order valence-electron chi connectivity index (χ2n) is 7.00. The summed E-state index contributed by atoms with van der Waals surface area (Å²) >= 11 is 0. The number of carbonyl (C=O) groups excluding carboxylic acids is 2. The molecule has 0 heterocycles. The van der Waals surface area contributed by atoms with Crippen molar-refractivity contribution in [1.29, 1.82) is 0 Å². The lowest BCUT2D eigenvalue weighted by molar-refractivity contribution is -0.137. The molecule has 1 fully saturated rings. The largest absolute Gasteiger partial charge is 0.416 e. The standard InChI is InChI=1S/C21H21F3N2O3/c22-21(23,24)15-9-11-16(12-10-15)25-18(27)20(13-5-2-6-14-20)26-19(28)29-17-7-3-1-4-8-17/h1,3-4,7-12H,2,5-6,13-14H2,(H,25,27)(H,26,28). The Morgan fingerprint density at radius 1 is 0.897 bits per heavy atom. The van der Waals surface area contributed by atoms with E-state index < -0.39 is 29.3 Å². The number of benzene rings is 2. The van der Waals surface area contributed by atoms with Crippen LogP contribution in [0.1, 0.15) is 37.7 Å². The van der Waals surface area contributed by atoms with Gasteiger partial charge in [-0.05, 0) is 49.2 Å². The third kappa shape index (κ3) is 5.28. The van der Waals surface area contributed by atoms with Crippen molar-refractivity contribution in [2.45, 2.75) is 43.8 Å². The van der Waals surface area contributed by atoms with Gasteiger partial charge in [0, 0.05) is 5.69 Å². The Labute approximate surface area is 166 Å². The summed E-state index contributed by atoms with van der Waals surface area (Å²) in [5.41, 5.74) is -1.74. The minimum atomic E-state index is -4.45. The fourth-order valence-electron chi connectivity index (χ4n) is 3.37. The summed E-state index contributed by atoms with van der Waals surface area (Å²) in [6.45, 7) is 0. The van der Waals surface area contributed by atoms with E-state index in [2.05, 4.69) is 10.6 Å². The zero-order valence-corrected chi connectivity index (χ0v) is 15.6. The van der Waals surface area contributed by atoms with E-state index in [1.807, 2.05) is 0 Å².